The highest BCUT2D eigenvalue weighted by atomic mass is 19.1. The molecule has 1 aromatic rings. The molecule has 33 heavy (non-hydrogen) atoms. The van der Waals surface area contributed by atoms with Crippen molar-refractivity contribution in [2.45, 2.75) is 78.0 Å². The van der Waals surface area contributed by atoms with Gasteiger partial charge in [0.1, 0.15) is 11.6 Å². The van der Waals surface area contributed by atoms with Crippen LogP contribution in [0.1, 0.15) is 58.9 Å². The van der Waals surface area contributed by atoms with Crippen molar-refractivity contribution >= 4 is 11.8 Å². The molecule has 0 aliphatic carbocycles. The Bertz CT molecular complexity index is 768. The SMILES string of the molecule is CC(C)CCC(=O)N[C@@H](Cc1cc(F)cc(F)c1)[C@@H](O)[C@H]1CN(C(=O)CCC(C)C)CCN1. The molecule has 2 amide bonds. The molecule has 0 spiro atoms. The third-order valence-corrected chi connectivity index (χ3v) is 5.99. The van der Waals surface area contributed by atoms with E-state index in [-0.39, 0.29) is 18.2 Å². The van der Waals surface area contributed by atoms with Gasteiger partial charge >= 0.3 is 0 Å². The van der Waals surface area contributed by atoms with Crippen molar-refractivity contribution in [3.8, 4) is 0 Å². The van der Waals surface area contributed by atoms with Gasteiger partial charge in [-0.1, -0.05) is 27.7 Å². The second kappa shape index (κ2) is 13.0. The number of hydrogen-bond donors (Lipinski definition) is 3. The molecule has 1 aromatic carbocycles. The smallest absolute Gasteiger partial charge is 0.222 e. The maximum Gasteiger partial charge on any atom is 0.222 e. The minimum Gasteiger partial charge on any atom is -0.389 e. The van der Waals surface area contributed by atoms with E-state index < -0.39 is 29.8 Å². The van der Waals surface area contributed by atoms with E-state index in [0.717, 1.165) is 12.5 Å². The van der Waals surface area contributed by atoms with Crippen molar-refractivity contribution in [2.24, 2.45) is 11.8 Å². The number of nitrogens with one attached hydrogen (secondary N) is 2. The Balaban J connectivity index is 2.12. The summed E-state index contributed by atoms with van der Waals surface area (Å²) in [7, 11) is 0. The fourth-order valence-corrected chi connectivity index (χ4v) is 4.02. The second-order valence-electron chi connectivity index (χ2n) is 9.91. The van der Waals surface area contributed by atoms with Crippen molar-refractivity contribution in [2.75, 3.05) is 19.6 Å². The monoisotopic (exact) mass is 467 g/mol. The summed E-state index contributed by atoms with van der Waals surface area (Å²) in [5.41, 5.74) is 0.349. The van der Waals surface area contributed by atoms with Crippen LogP contribution in [0, 0.1) is 23.5 Å². The molecular weight excluding hydrogens is 428 g/mol. The van der Waals surface area contributed by atoms with Crippen molar-refractivity contribution in [1.82, 2.24) is 15.5 Å². The molecule has 0 bridgehead atoms. The maximum absolute atomic E-state index is 13.7. The highest BCUT2D eigenvalue weighted by Crippen LogP contribution is 2.16. The van der Waals surface area contributed by atoms with Crippen LogP contribution in [0.25, 0.3) is 0 Å². The lowest BCUT2D eigenvalue weighted by Crippen LogP contribution is -2.62. The van der Waals surface area contributed by atoms with Gasteiger partial charge in [-0.15, -0.1) is 0 Å². The van der Waals surface area contributed by atoms with Gasteiger partial charge in [-0.3, -0.25) is 9.59 Å². The molecule has 1 heterocycles. The second-order valence-corrected chi connectivity index (χ2v) is 9.91. The maximum atomic E-state index is 13.7. The largest absolute Gasteiger partial charge is 0.389 e. The number of benzene rings is 1. The zero-order valence-electron chi connectivity index (χ0n) is 20.2. The molecule has 1 saturated heterocycles. The summed E-state index contributed by atoms with van der Waals surface area (Å²) in [5, 5.41) is 17.3. The number of halogens is 2. The van der Waals surface area contributed by atoms with Crippen molar-refractivity contribution in [3.63, 3.8) is 0 Å². The third kappa shape index (κ3) is 9.37. The summed E-state index contributed by atoms with van der Waals surface area (Å²) < 4.78 is 27.5. The average molecular weight is 468 g/mol. The molecule has 0 radical (unpaired) electrons. The van der Waals surface area contributed by atoms with Gasteiger partial charge < -0.3 is 20.6 Å². The van der Waals surface area contributed by atoms with E-state index in [0.29, 0.717) is 56.3 Å². The first-order valence-electron chi connectivity index (χ1n) is 12.0. The minimum atomic E-state index is -1.04. The molecule has 6 nitrogen and oxygen atoms in total. The van der Waals surface area contributed by atoms with Crippen LogP contribution < -0.4 is 10.6 Å². The van der Waals surface area contributed by atoms with Gasteiger partial charge in [0.05, 0.1) is 18.2 Å². The van der Waals surface area contributed by atoms with Crippen LogP contribution in [0.3, 0.4) is 0 Å². The molecule has 3 atom stereocenters. The molecule has 2 rings (SSSR count). The van der Waals surface area contributed by atoms with Gasteiger partial charge in [-0.05, 0) is 48.8 Å². The number of aliphatic hydroxyl groups excluding tert-OH is 1. The lowest BCUT2D eigenvalue weighted by atomic mass is 9.94. The zero-order valence-corrected chi connectivity index (χ0v) is 20.2. The number of carbonyl (C=O) groups is 2. The lowest BCUT2D eigenvalue weighted by Gasteiger charge is -2.39. The zero-order chi connectivity index (χ0) is 24.5. The van der Waals surface area contributed by atoms with Crippen molar-refractivity contribution in [1.29, 1.82) is 0 Å². The summed E-state index contributed by atoms with van der Waals surface area (Å²) in [6.45, 7) is 9.57. The molecular formula is C25H39F2N3O3. The Kier molecular flexibility index (Phi) is 10.7. The topological polar surface area (TPSA) is 81.7 Å². The molecule has 186 valence electrons. The first kappa shape index (κ1) is 27.2. The average Bonchev–Trinajstić information content (AvgIpc) is 2.74. The number of rotatable bonds is 11. The summed E-state index contributed by atoms with van der Waals surface area (Å²) in [6, 6.07) is 1.99. The van der Waals surface area contributed by atoms with Gasteiger partial charge in [-0.2, -0.15) is 0 Å². The van der Waals surface area contributed by atoms with Crippen molar-refractivity contribution < 1.29 is 23.5 Å². The first-order valence-corrected chi connectivity index (χ1v) is 12.0. The molecule has 0 saturated carbocycles. The Morgan fingerprint density at radius 1 is 1.09 bits per heavy atom. The van der Waals surface area contributed by atoms with Crippen LogP contribution in [0.15, 0.2) is 18.2 Å². The fraction of sp³-hybridized carbons (Fsp3) is 0.680. The lowest BCUT2D eigenvalue weighted by molar-refractivity contribution is -0.133. The number of amides is 2. The van der Waals surface area contributed by atoms with Crippen molar-refractivity contribution in [3.05, 3.63) is 35.4 Å². The van der Waals surface area contributed by atoms with Crippen LogP contribution in [0.5, 0.6) is 0 Å². The number of hydrogen-bond acceptors (Lipinski definition) is 4. The van der Waals surface area contributed by atoms with Crippen LogP contribution in [-0.4, -0.2) is 59.6 Å². The van der Waals surface area contributed by atoms with E-state index in [9.17, 15) is 23.5 Å². The third-order valence-electron chi connectivity index (χ3n) is 5.99. The highest BCUT2D eigenvalue weighted by molar-refractivity contribution is 5.77. The molecule has 8 heteroatoms. The molecule has 1 fully saturated rings. The van der Waals surface area contributed by atoms with E-state index in [1.807, 2.05) is 13.8 Å². The normalized spacial score (nSPS) is 18.5. The summed E-state index contributed by atoms with van der Waals surface area (Å²) in [6.07, 6.45) is 1.29. The van der Waals surface area contributed by atoms with Gasteiger partial charge in [0.2, 0.25) is 11.8 Å². The molecule has 0 unspecified atom stereocenters. The summed E-state index contributed by atoms with van der Waals surface area (Å²) >= 11 is 0. The first-order chi connectivity index (χ1) is 15.5. The van der Waals surface area contributed by atoms with Crippen LogP contribution in [0.2, 0.25) is 0 Å². The number of piperazine rings is 1. The summed E-state index contributed by atoms with van der Waals surface area (Å²) in [4.78, 5) is 26.9. The Morgan fingerprint density at radius 3 is 2.30 bits per heavy atom. The van der Waals surface area contributed by atoms with E-state index in [1.165, 1.54) is 12.1 Å². The molecule has 1 aliphatic heterocycles. The van der Waals surface area contributed by atoms with Crippen LogP contribution >= 0.6 is 0 Å². The number of nitrogens with zero attached hydrogens (tertiary/aromatic N) is 1. The van der Waals surface area contributed by atoms with Gasteiger partial charge in [0.15, 0.2) is 0 Å². The summed E-state index contributed by atoms with van der Waals surface area (Å²) in [5.74, 6) is -0.807. The standard InChI is InChI=1S/C25H39F2N3O3/c1-16(2)5-7-23(31)29-21(13-18-11-19(26)14-20(27)12-18)25(33)22-15-30(10-9-28-22)24(32)8-6-17(3)4/h11-12,14,16-17,21-22,25,28,33H,5-10,13,15H2,1-4H3,(H,29,31)/t21-,22+,25+/m0/s1. The van der Waals surface area contributed by atoms with E-state index in [4.69, 9.17) is 0 Å². The fourth-order valence-electron chi connectivity index (χ4n) is 4.02. The Hall–Kier alpha value is -2.06. The van der Waals surface area contributed by atoms with E-state index in [1.54, 1.807) is 4.90 Å². The Morgan fingerprint density at radius 2 is 1.70 bits per heavy atom. The van der Waals surface area contributed by atoms with Gasteiger partial charge in [-0.25, -0.2) is 8.78 Å². The predicted octanol–water partition coefficient (Wildman–Crippen LogP) is 3.03. The van der Waals surface area contributed by atoms with Crippen LogP contribution in [-0.2, 0) is 16.0 Å². The van der Waals surface area contributed by atoms with E-state index >= 15 is 0 Å². The predicted molar refractivity (Wildman–Crippen MR) is 125 cm³/mol. The number of aliphatic hydroxyl groups is 1. The Labute approximate surface area is 196 Å². The molecule has 3 N–H and O–H groups in total. The highest BCUT2D eigenvalue weighted by Gasteiger charge is 2.33. The number of carbonyl (C=O) groups excluding carboxylic acids is 2. The molecule has 0 aromatic heterocycles. The van der Waals surface area contributed by atoms with Gasteiger partial charge in [0.25, 0.3) is 0 Å². The van der Waals surface area contributed by atoms with Gasteiger partial charge in [0, 0.05) is 38.5 Å². The minimum absolute atomic E-state index is 0.0483. The molecule has 1 aliphatic rings. The van der Waals surface area contributed by atoms with Crippen LogP contribution in [0.4, 0.5) is 8.78 Å². The van der Waals surface area contributed by atoms with E-state index in [2.05, 4.69) is 24.5 Å². The quantitative estimate of drug-likeness (QED) is 0.467.